The van der Waals surface area contributed by atoms with Gasteiger partial charge in [-0.3, -0.25) is 4.79 Å². The molecule has 1 amide bonds. The first-order valence-electron chi connectivity index (χ1n) is 7.63. The van der Waals surface area contributed by atoms with Crippen LogP contribution in [0.1, 0.15) is 28.9 Å². The maximum absolute atomic E-state index is 12.4. The van der Waals surface area contributed by atoms with E-state index in [1.165, 1.54) is 24.2 Å². The number of nitrogens with one attached hydrogen (secondary N) is 2. The number of thiophene rings is 1. The van der Waals surface area contributed by atoms with Crippen LogP contribution in [0.5, 0.6) is 0 Å². The number of nitrogens with zero attached hydrogens (tertiary/aromatic N) is 1. The zero-order valence-electron chi connectivity index (χ0n) is 12.3. The maximum atomic E-state index is 12.4. The van der Waals surface area contributed by atoms with Crippen LogP contribution in [-0.2, 0) is 0 Å². The van der Waals surface area contributed by atoms with E-state index in [4.69, 9.17) is 11.6 Å². The number of hydrogen-bond acceptors (Lipinski definition) is 5. The molecule has 2 saturated heterocycles. The molecule has 0 aliphatic carbocycles. The van der Waals surface area contributed by atoms with Crippen molar-refractivity contribution in [2.75, 3.05) is 0 Å². The third kappa shape index (κ3) is 3.40. The van der Waals surface area contributed by atoms with Crippen LogP contribution < -0.4 is 10.6 Å². The van der Waals surface area contributed by atoms with E-state index in [9.17, 15) is 4.79 Å². The molecule has 2 aliphatic rings. The standard InChI is InChI=1S/C16H16ClN3OS2/c17-14-5-2-10(8-18-14)22-15-6-4-13(23-15)16(21)20-12-7-9-1-3-11(12)19-9/h2,4-6,8-9,11-12,19H,1,3,7H2,(H,20,21). The second-order valence-electron chi connectivity index (χ2n) is 5.90. The van der Waals surface area contributed by atoms with Gasteiger partial charge in [-0.2, -0.15) is 0 Å². The molecule has 120 valence electrons. The summed E-state index contributed by atoms with van der Waals surface area (Å²) in [5.41, 5.74) is 0. The van der Waals surface area contributed by atoms with Gasteiger partial charge in [-0.05, 0) is 43.5 Å². The molecule has 4 rings (SSSR count). The molecule has 2 aromatic heterocycles. The van der Waals surface area contributed by atoms with Crippen molar-refractivity contribution in [1.29, 1.82) is 0 Å². The van der Waals surface area contributed by atoms with Crippen LogP contribution in [0.25, 0.3) is 0 Å². The SMILES string of the molecule is O=C(NC1CC2CCC1N2)c1ccc(Sc2ccc(Cl)nc2)s1. The van der Waals surface area contributed by atoms with Crippen molar-refractivity contribution in [1.82, 2.24) is 15.6 Å². The molecular weight excluding hydrogens is 350 g/mol. The number of aromatic nitrogens is 1. The molecule has 0 aromatic carbocycles. The Hall–Kier alpha value is -1.08. The highest BCUT2D eigenvalue weighted by Crippen LogP contribution is 2.34. The van der Waals surface area contributed by atoms with Gasteiger partial charge in [-0.25, -0.2) is 4.98 Å². The molecule has 2 aromatic rings. The Balaban J connectivity index is 1.39. The highest BCUT2D eigenvalue weighted by Gasteiger charge is 2.39. The van der Waals surface area contributed by atoms with Crippen LogP contribution in [0.4, 0.5) is 0 Å². The van der Waals surface area contributed by atoms with Crippen molar-refractivity contribution in [3.05, 3.63) is 40.5 Å². The van der Waals surface area contributed by atoms with Crippen LogP contribution in [0.15, 0.2) is 39.6 Å². The molecule has 4 heterocycles. The van der Waals surface area contributed by atoms with Crippen molar-refractivity contribution in [2.24, 2.45) is 0 Å². The van der Waals surface area contributed by atoms with Crippen LogP contribution in [0.3, 0.4) is 0 Å². The summed E-state index contributed by atoms with van der Waals surface area (Å²) in [7, 11) is 0. The molecule has 7 heteroatoms. The van der Waals surface area contributed by atoms with Gasteiger partial charge in [0.2, 0.25) is 0 Å². The van der Waals surface area contributed by atoms with E-state index in [0.29, 0.717) is 17.2 Å². The third-order valence-electron chi connectivity index (χ3n) is 4.34. The van der Waals surface area contributed by atoms with Gasteiger partial charge >= 0.3 is 0 Å². The average Bonchev–Trinajstić information content (AvgIpc) is 3.26. The first-order chi connectivity index (χ1) is 11.2. The Morgan fingerprint density at radius 2 is 2.26 bits per heavy atom. The van der Waals surface area contributed by atoms with Crippen molar-refractivity contribution in [3.8, 4) is 0 Å². The number of rotatable bonds is 4. The number of halogens is 1. The second-order valence-corrected chi connectivity index (χ2v) is 8.75. The van der Waals surface area contributed by atoms with E-state index in [-0.39, 0.29) is 11.9 Å². The molecule has 2 fully saturated rings. The molecule has 0 spiro atoms. The monoisotopic (exact) mass is 365 g/mol. The lowest BCUT2D eigenvalue weighted by Gasteiger charge is -2.20. The molecule has 0 radical (unpaired) electrons. The summed E-state index contributed by atoms with van der Waals surface area (Å²) in [4.78, 5) is 18.3. The highest BCUT2D eigenvalue weighted by atomic mass is 35.5. The molecule has 4 nitrogen and oxygen atoms in total. The molecular formula is C16H16ClN3OS2. The zero-order valence-corrected chi connectivity index (χ0v) is 14.7. The maximum Gasteiger partial charge on any atom is 0.261 e. The Morgan fingerprint density at radius 1 is 1.35 bits per heavy atom. The van der Waals surface area contributed by atoms with E-state index in [1.807, 2.05) is 18.2 Å². The Kier molecular flexibility index (Phi) is 4.32. The number of carbonyl (C=O) groups is 1. The average molecular weight is 366 g/mol. The van der Waals surface area contributed by atoms with Crippen molar-refractivity contribution in [3.63, 3.8) is 0 Å². The third-order valence-corrected chi connectivity index (χ3v) is 6.76. The van der Waals surface area contributed by atoms with Gasteiger partial charge in [-0.1, -0.05) is 23.4 Å². The number of fused-ring (bicyclic) bond motifs is 2. The number of amides is 1. The lowest BCUT2D eigenvalue weighted by Crippen LogP contribution is -2.42. The summed E-state index contributed by atoms with van der Waals surface area (Å²) in [6.07, 6.45) is 5.21. The van der Waals surface area contributed by atoms with Crippen molar-refractivity contribution >= 4 is 40.6 Å². The molecule has 3 atom stereocenters. The smallest absolute Gasteiger partial charge is 0.261 e. The quantitative estimate of drug-likeness (QED) is 0.813. The highest BCUT2D eigenvalue weighted by molar-refractivity contribution is 8.01. The van der Waals surface area contributed by atoms with Gasteiger partial charge in [0, 0.05) is 29.2 Å². The van der Waals surface area contributed by atoms with Gasteiger partial charge in [0.15, 0.2) is 0 Å². The largest absolute Gasteiger partial charge is 0.347 e. The molecule has 2 N–H and O–H groups in total. The van der Waals surface area contributed by atoms with Crippen LogP contribution >= 0.6 is 34.7 Å². The molecule has 3 unspecified atom stereocenters. The number of carbonyl (C=O) groups excluding carboxylic acids is 1. The van der Waals surface area contributed by atoms with Crippen LogP contribution in [-0.4, -0.2) is 29.0 Å². The minimum atomic E-state index is 0.0374. The topological polar surface area (TPSA) is 54.0 Å². The molecule has 2 bridgehead atoms. The zero-order chi connectivity index (χ0) is 15.8. The molecule has 0 saturated carbocycles. The minimum absolute atomic E-state index is 0.0374. The van der Waals surface area contributed by atoms with Gasteiger partial charge in [0.25, 0.3) is 5.91 Å². The first-order valence-corrected chi connectivity index (χ1v) is 9.64. The first kappa shape index (κ1) is 15.4. The summed E-state index contributed by atoms with van der Waals surface area (Å²) >= 11 is 8.90. The second kappa shape index (κ2) is 6.43. The van der Waals surface area contributed by atoms with E-state index < -0.39 is 0 Å². The number of pyridine rings is 1. The summed E-state index contributed by atoms with van der Waals surface area (Å²) in [6, 6.07) is 8.91. The lowest BCUT2D eigenvalue weighted by molar-refractivity contribution is 0.0935. The minimum Gasteiger partial charge on any atom is -0.347 e. The fourth-order valence-electron chi connectivity index (χ4n) is 3.26. The van der Waals surface area contributed by atoms with E-state index >= 15 is 0 Å². The Bertz CT molecular complexity index is 718. The van der Waals surface area contributed by atoms with E-state index in [0.717, 1.165) is 20.4 Å². The van der Waals surface area contributed by atoms with Gasteiger partial charge in [-0.15, -0.1) is 11.3 Å². The Labute approximate surface area is 148 Å². The fourth-order valence-corrected chi connectivity index (χ4v) is 5.35. The summed E-state index contributed by atoms with van der Waals surface area (Å²) in [5.74, 6) is 0.0374. The van der Waals surface area contributed by atoms with E-state index in [2.05, 4.69) is 15.6 Å². The Morgan fingerprint density at radius 3 is 2.96 bits per heavy atom. The van der Waals surface area contributed by atoms with E-state index in [1.54, 1.807) is 24.0 Å². The summed E-state index contributed by atoms with van der Waals surface area (Å²) in [6.45, 7) is 0. The van der Waals surface area contributed by atoms with Crippen LogP contribution in [0, 0.1) is 0 Å². The van der Waals surface area contributed by atoms with Gasteiger partial charge in [0.1, 0.15) is 5.15 Å². The van der Waals surface area contributed by atoms with Crippen LogP contribution in [0.2, 0.25) is 5.15 Å². The predicted octanol–water partition coefficient (Wildman–Crippen LogP) is 3.57. The number of hydrogen-bond donors (Lipinski definition) is 2. The lowest BCUT2D eigenvalue weighted by atomic mass is 9.95. The molecule has 23 heavy (non-hydrogen) atoms. The van der Waals surface area contributed by atoms with Crippen molar-refractivity contribution < 1.29 is 4.79 Å². The summed E-state index contributed by atoms with van der Waals surface area (Å²) in [5, 5.41) is 7.21. The van der Waals surface area contributed by atoms with Gasteiger partial charge < -0.3 is 10.6 Å². The van der Waals surface area contributed by atoms with Gasteiger partial charge in [0.05, 0.1) is 9.09 Å². The molecule has 2 aliphatic heterocycles. The predicted molar refractivity (Wildman–Crippen MR) is 93.5 cm³/mol. The fraction of sp³-hybridized carbons (Fsp3) is 0.375. The summed E-state index contributed by atoms with van der Waals surface area (Å²) < 4.78 is 1.07. The normalized spacial score (nSPS) is 25.7. The van der Waals surface area contributed by atoms with Crippen molar-refractivity contribution in [2.45, 2.75) is 46.5 Å².